The largest absolute Gasteiger partial charge is 0.452 e. The SMILES string of the molecule is CCCCc1ccc(NC(=O)COC(=O)C(=Cc2cccs2)c2cccs2)cc1. The van der Waals surface area contributed by atoms with E-state index < -0.39 is 5.97 Å². The fourth-order valence-electron chi connectivity index (χ4n) is 2.72. The van der Waals surface area contributed by atoms with Crippen molar-refractivity contribution in [2.24, 2.45) is 0 Å². The minimum Gasteiger partial charge on any atom is -0.452 e. The smallest absolute Gasteiger partial charge is 0.340 e. The number of unbranched alkanes of at least 4 members (excludes halogenated alkanes) is 1. The lowest BCUT2D eigenvalue weighted by atomic mass is 10.1. The van der Waals surface area contributed by atoms with Gasteiger partial charge in [-0.25, -0.2) is 4.79 Å². The highest BCUT2D eigenvalue weighted by molar-refractivity contribution is 7.12. The normalized spacial score (nSPS) is 11.3. The maximum absolute atomic E-state index is 12.6. The zero-order valence-electron chi connectivity index (χ0n) is 16.2. The highest BCUT2D eigenvalue weighted by atomic mass is 32.1. The fraction of sp³-hybridized carbons (Fsp3) is 0.217. The standard InChI is InChI=1S/C23H23NO3S2/c1-2-3-6-17-9-11-18(12-10-17)24-22(25)16-27-23(26)20(21-8-5-14-29-21)15-19-7-4-13-28-19/h4-5,7-15H,2-3,6,16H2,1H3,(H,24,25). The van der Waals surface area contributed by atoms with Crippen molar-refractivity contribution >= 4 is 51.9 Å². The van der Waals surface area contributed by atoms with E-state index in [-0.39, 0.29) is 12.5 Å². The Morgan fingerprint density at radius 2 is 1.79 bits per heavy atom. The molecule has 2 heterocycles. The van der Waals surface area contributed by atoms with E-state index in [9.17, 15) is 9.59 Å². The van der Waals surface area contributed by atoms with E-state index in [0.717, 1.165) is 29.0 Å². The summed E-state index contributed by atoms with van der Waals surface area (Å²) in [6, 6.07) is 15.4. The number of aryl methyl sites for hydroxylation is 1. The molecule has 6 heteroatoms. The molecule has 0 saturated heterocycles. The highest BCUT2D eigenvalue weighted by Crippen LogP contribution is 2.25. The van der Waals surface area contributed by atoms with Crippen molar-refractivity contribution in [3.8, 4) is 0 Å². The first-order chi connectivity index (χ1) is 14.2. The number of amides is 1. The van der Waals surface area contributed by atoms with Gasteiger partial charge in [-0.3, -0.25) is 4.79 Å². The van der Waals surface area contributed by atoms with Crippen molar-refractivity contribution in [2.75, 3.05) is 11.9 Å². The molecule has 0 aliphatic heterocycles. The second-order valence-corrected chi connectivity index (χ2v) is 8.40. The van der Waals surface area contributed by atoms with Gasteiger partial charge < -0.3 is 10.1 Å². The second kappa shape index (κ2) is 10.7. The van der Waals surface area contributed by atoms with Gasteiger partial charge in [-0.15, -0.1) is 22.7 Å². The fourth-order valence-corrected chi connectivity index (χ4v) is 4.11. The van der Waals surface area contributed by atoms with E-state index in [2.05, 4.69) is 12.2 Å². The van der Waals surface area contributed by atoms with Crippen LogP contribution in [-0.4, -0.2) is 18.5 Å². The molecule has 4 nitrogen and oxygen atoms in total. The Balaban J connectivity index is 1.57. The average Bonchev–Trinajstić information content (AvgIpc) is 3.44. The van der Waals surface area contributed by atoms with Gasteiger partial charge in [0, 0.05) is 15.4 Å². The minimum absolute atomic E-state index is 0.330. The number of hydrogen-bond donors (Lipinski definition) is 1. The van der Waals surface area contributed by atoms with Crippen molar-refractivity contribution in [3.05, 3.63) is 74.6 Å². The molecule has 0 aliphatic carbocycles. The van der Waals surface area contributed by atoms with Crippen LogP contribution in [0.4, 0.5) is 5.69 Å². The van der Waals surface area contributed by atoms with E-state index in [1.165, 1.54) is 28.2 Å². The molecule has 1 N–H and O–H groups in total. The van der Waals surface area contributed by atoms with Crippen molar-refractivity contribution in [1.29, 1.82) is 0 Å². The second-order valence-electron chi connectivity index (χ2n) is 6.48. The number of carbonyl (C=O) groups excluding carboxylic acids is 2. The first kappa shape index (κ1) is 21.0. The summed E-state index contributed by atoms with van der Waals surface area (Å²) >= 11 is 3.00. The maximum Gasteiger partial charge on any atom is 0.340 e. The average molecular weight is 426 g/mol. The molecule has 0 fully saturated rings. The summed E-state index contributed by atoms with van der Waals surface area (Å²) in [6.45, 7) is 1.83. The summed E-state index contributed by atoms with van der Waals surface area (Å²) in [5.41, 5.74) is 2.39. The van der Waals surface area contributed by atoms with Crippen LogP contribution in [0.25, 0.3) is 11.6 Å². The number of ether oxygens (including phenoxy) is 1. The molecule has 0 unspecified atom stereocenters. The van der Waals surface area contributed by atoms with Crippen molar-refractivity contribution in [2.45, 2.75) is 26.2 Å². The van der Waals surface area contributed by atoms with Crippen LogP contribution in [0.2, 0.25) is 0 Å². The zero-order chi connectivity index (χ0) is 20.5. The van der Waals surface area contributed by atoms with E-state index >= 15 is 0 Å². The van der Waals surface area contributed by atoms with E-state index in [1.807, 2.05) is 59.3 Å². The monoisotopic (exact) mass is 425 g/mol. The third-order valence-electron chi connectivity index (χ3n) is 4.23. The Morgan fingerprint density at radius 1 is 1.03 bits per heavy atom. The molecule has 0 atom stereocenters. The molecule has 0 aliphatic rings. The number of carbonyl (C=O) groups is 2. The molecule has 150 valence electrons. The van der Waals surface area contributed by atoms with Crippen LogP contribution >= 0.6 is 22.7 Å². The summed E-state index contributed by atoms with van der Waals surface area (Å²) in [5, 5.41) is 6.62. The zero-order valence-corrected chi connectivity index (χ0v) is 17.9. The summed E-state index contributed by atoms with van der Waals surface area (Å²) in [6.07, 6.45) is 5.13. The number of nitrogens with one attached hydrogen (secondary N) is 1. The van der Waals surface area contributed by atoms with Gasteiger partial charge in [0.25, 0.3) is 5.91 Å². The Morgan fingerprint density at radius 3 is 2.45 bits per heavy atom. The van der Waals surface area contributed by atoms with Gasteiger partial charge in [0.15, 0.2) is 6.61 Å². The summed E-state index contributed by atoms with van der Waals surface area (Å²) in [5.74, 6) is -0.868. The van der Waals surface area contributed by atoms with Crippen LogP contribution in [0, 0.1) is 0 Å². The van der Waals surface area contributed by atoms with E-state index in [0.29, 0.717) is 11.3 Å². The number of anilines is 1. The first-order valence-corrected chi connectivity index (χ1v) is 11.3. The molecule has 2 aromatic heterocycles. The lowest BCUT2D eigenvalue weighted by Crippen LogP contribution is -2.21. The summed E-state index contributed by atoms with van der Waals surface area (Å²) < 4.78 is 5.28. The molecule has 0 spiro atoms. The molecular formula is C23H23NO3S2. The number of thiophene rings is 2. The van der Waals surface area contributed by atoms with Crippen LogP contribution in [-0.2, 0) is 20.7 Å². The van der Waals surface area contributed by atoms with E-state index in [4.69, 9.17) is 4.74 Å². The predicted octanol–water partition coefficient (Wildman–Crippen LogP) is 5.87. The molecule has 1 aromatic carbocycles. The molecule has 29 heavy (non-hydrogen) atoms. The van der Waals surface area contributed by atoms with Crippen molar-refractivity contribution in [1.82, 2.24) is 0 Å². The van der Waals surface area contributed by atoms with Gasteiger partial charge in [-0.2, -0.15) is 0 Å². The molecule has 0 saturated carbocycles. The predicted molar refractivity (Wildman–Crippen MR) is 121 cm³/mol. The van der Waals surface area contributed by atoms with Gasteiger partial charge >= 0.3 is 5.97 Å². The molecule has 1 amide bonds. The maximum atomic E-state index is 12.6. The Kier molecular flexibility index (Phi) is 7.78. The van der Waals surface area contributed by atoms with Crippen molar-refractivity contribution in [3.63, 3.8) is 0 Å². The molecule has 0 bridgehead atoms. The molecular weight excluding hydrogens is 402 g/mol. The molecule has 0 radical (unpaired) electrons. The quantitative estimate of drug-likeness (QED) is 0.344. The lowest BCUT2D eigenvalue weighted by molar-refractivity contribution is -0.141. The van der Waals surface area contributed by atoms with Crippen molar-refractivity contribution < 1.29 is 14.3 Å². The lowest BCUT2D eigenvalue weighted by Gasteiger charge is -2.09. The van der Waals surface area contributed by atoms with Crippen LogP contribution in [0.3, 0.4) is 0 Å². The summed E-state index contributed by atoms with van der Waals surface area (Å²) in [7, 11) is 0. The number of benzene rings is 1. The van der Waals surface area contributed by atoms with Crippen LogP contribution < -0.4 is 5.32 Å². The third kappa shape index (κ3) is 6.41. The summed E-state index contributed by atoms with van der Waals surface area (Å²) in [4.78, 5) is 26.6. The third-order valence-corrected chi connectivity index (χ3v) is 5.95. The van der Waals surface area contributed by atoms with Gasteiger partial charge in [-0.1, -0.05) is 37.6 Å². The first-order valence-electron chi connectivity index (χ1n) is 9.50. The molecule has 3 rings (SSSR count). The number of rotatable bonds is 9. The van der Waals surface area contributed by atoms with Crippen LogP contribution in [0.15, 0.2) is 59.3 Å². The van der Waals surface area contributed by atoms with Gasteiger partial charge in [0.1, 0.15) is 0 Å². The Hall–Kier alpha value is -2.70. The van der Waals surface area contributed by atoms with Gasteiger partial charge in [0.2, 0.25) is 0 Å². The van der Waals surface area contributed by atoms with Crippen LogP contribution in [0.5, 0.6) is 0 Å². The topological polar surface area (TPSA) is 55.4 Å². The Labute approximate surface area is 178 Å². The number of hydrogen-bond acceptors (Lipinski definition) is 5. The van der Waals surface area contributed by atoms with E-state index in [1.54, 1.807) is 6.08 Å². The highest BCUT2D eigenvalue weighted by Gasteiger charge is 2.17. The number of esters is 1. The molecule has 3 aromatic rings. The van der Waals surface area contributed by atoms with Gasteiger partial charge in [0.05, 0.1) is 5.57 Å². The van der Waals surface area contributed by atoms with Gasteiger partial charge in [-0.05, 0) is 59.5 Å². The van der Waals surface area contributed by atoms with Crippen LogP contribution in [0.1, 0.15) is 35.1 Å². The Bertz CT molecular complexity index is 943. The minimum atomic E-state index is -0.508.